The predicted molar refractivity (Wildman–Crippen MR) is 121 cm³/mol. The first kappa shape index (κ1) is 18.9. The van der Waals surface area contributed by atoms with Gasteiger partial charge in [-0.3, -0.25) is 4.79 Å². The zero-order chi connectivity index (χ0) is 20.5. The van der Waals surface area contributed by atoms with Crippen LogP contribution in [0.1, 0.15) is 32.6 Å². The molecule has 0 aliphatic rings. The summed E-state index contributed by atoms with van der Waals surface area (Å²) in [5.74, 6) is -0.122. The molecule has 1 heterocycles. The normalized spacial score (nSPS) is 10.9. The number of fused-ring (bicyclic) bond motifs is 1. The highest BCUT2D eigenvalue weighted by molar-refractivity contribution is 6.13. The van der Waals surface area contributed by atoms with E-state index in [-0.39, 0.29) is 5.91 Å². The predicted octanol–water partition coefficient (Wildman–Crippen LogP) is 6.39. The number of carbonyl (C=O) groups is 1. The van der Waals surface area contributed by atoms with Crippen LogP contribution in [0.2, 0.25) is 0 Å². The number of hydrogen-bond acceptors (Lipinski definition) is 2. The molecule has 0 saturated heterocycles. The van der Waals surface area contributed by atoms with Crippen LogP contribution in [0.4, 0.5) is 5.69 Å². The molecule has 144 valence electrons. The van der Waals surface area contributed by atoms with Crippen LogP contribution in [0, 0.1) is 27.7 Å². The van der Waals surface area contributed by atoms with Gasteiger partial charge in [0.05, 0.1) is 16.8 Å². The standard InChI is InChI=1S/C26H24N2O/c1-16-10-12-20(19(4)13-16)25-15-22(21-7-5-6-8-23(21)27-25)26(29)28-24-14-17(2)9-11-18(24)3/h5-15H,1-4H3,(H,28,29). The quantitative estimate of drug-likeness (QED) is 0.447. The molecule has 0 aliphatic carbocycles. The Kier molecular flexibility index (Phi) is 4.89. The molecule has 3 heteroatoms. The smallest absolute Gasteiger partial charge is 0.256 e. The molecule has 0 saturated carbocycles. The summed E-state index contributed by atoms with van der Waals surface area (Å²) in [6.07, 6.45) is 0. The van der Waals surface area contributed by atoms with Crippen LogP contribution < -0.4 is 5.32 Å². The Bertz CT molecular complexity index is 1240. The van der Waals surface area contributed by atoms with Crippen molar-refractivity contribution in [2.75, 3.05) is 5.32 Å². The van der Waals surface area contributed by atoms with Gasteiger partial charge in [-0.25, -0.2) is 4.98 Å². The Balaban J connectivity index is 1.84. The van der Waals surface area contributed by atoms with E-state index in [1.807, 2.05) is 62.4 Å². The number of anilines is 1. The third-order valence-electron chi connectivity index (χ3n) is 5.26. The summed E-state index contributed by atoms with van der Waals surface area (Å²) in [7, 11) is 0. The molecule has 0 atom stereocenters. The average Bonchev–Trinajstić information content (AvgIpc) is 2.70. The van der Waals surface area contributed by atoms with Crippen LogP contribution in [0.15, 0.2) is 66.7 Å². The molecular weight excluding hydrogens is 356 g/mol. The molecule has 0 aliphatic heterocycles. The van der Waals surface area contributed by atoms with Gasteiger partial charge < -0.3 is 5.32 Å². The van der Waals surface area contributed by atoms with E-state index in [0.29, 0.717) is 5.56 Å². The fourth-order valence-corrected chi connectivity index (χ4v) is 3.66. The molecule has 0 fully saturated rings. The van der Waals surface area contributed by atoms with Crippen molar-refractivity contribution in [2.45, 2.75) is 27.7 Å². The first-order valence-electron chi connectivity index (χ1n) is 9.78. The Morgan fingerprint density at radius 1 is 0.793 bits per heavy atom. The zero-order valence-corrected chi connectivity index (χ0v) is 17.2. The molecule has 4 rings (SSSR count). The van der Waals surface area contributed by atoms with Gasteiger partial charge in [-0.05, 0) is 62.6 Å². The van der Waals surface area contributed by atoms with Gasteiger partial charge in [0.2, 0.25) is 0 Å². The first-order valence-corrected chi connectivity index (χ1v) is 9.78. The van der Waals surface area contributed by atoms with Crippen molar-refractivity contribution >= 4 is 22.5 Å². The van der Waals surface area contributed by atoms with Crippen molar-refractivity contribution in [3.8, 4) is 11.3 Å². The maximum absolute atomic E-state index is 13.3. The lowest BCUT2D eigenvalue weighted by Gasteiger charge is -2.13. The highest BCUT2D eigenvalue weighted by atomic mass is 16.1. The van der Waals surface area contributed by atoms with E-state index >= 15 is 0 Å². The molecule has 1 aromatic heterocycles. The molecule has 0 bridgehead atoms. The van der Waals surface area contributed by atoms with Crippen molar-refractivity contribution in [2.24, 2.45) is 0 Å². The highest BCUT2D eigenvalue weighted by Gasteiger charge is 2.16. The fraction of sp³-hybridized carbons (Fsp3) is 0.154. The summed E-state index contributed by atoms with van der Waals surface area (Å²) in [4.78, 5) is 18.1. The number of hydrogen-bond donors (Lipinski definition) is 1. The van der Waals surface area contributed by atoms with E-state index in [1.165, 1.54) is 5.56 Å². The number of aryl methyl sites for hydroxylation is 4. The number of nitrogens with zero attached hydrogens (tertiary/aromatic N) is 1. The maximum atomic E-state index is 13.3. The summed E-state index contributed by atoms with van der Waals surface area (Å²) < 4.78 is 0. The number of carbonyl (C=O) groups excluding carboxylic acids is 1. The number of amides is 1. The van der Waals surface area contributed by atoms with Gasteiger partial charge >= 0.3 is 0 Å². The minimum absolute atomic E-state index is 0.122. The number of para-hydroxylation sites is 1. The van der Waals surface area contributed by atoms with Crippen LogP contribution in [-0.4, -0.2) is 10.9 Å². The molecule has 3 aromatic carbocycles. The molecule has 3 nitrogen and oxygen atoms in total. The second kappa shape index (κ2) is 7.51. The third-order valence-corrected chi connectivity index (χ3v) is 5.26. The number of nitrogens with one attached hydrogen (secondary N) is 1. The van der Waals surface area contributed by atoms with Gasteiger partial charge in [-0.1, -0.05) is 54.1 Å². The van der Waals surface area contributed by atoms with Crippen LogP contribution in [-0.2, 0) is 0 Å². The number of rotatable bonds is 3. The van der Waals surface area contributed by atoms with E-state index in [1.54, 1.807) is 0 Å². The fourth-order valence-electron chi connectivity index (χ4n) is 3.66. The molecular formula is C26H24N2O. The van der Waals surface area contributed by atoms with Crippen molar-refractivity contribution < 1.29 is 4.79 Å². The largest absolute Gasteiger partial charge is 0.322 e. The first-order chi connectivity index (χ1) is 13.9. The zero-order valence-electron chi connectivity index (χ0n) is 17.2. The van der Waals surface area contributed by atoms with E-state index in [9.17, 15) is 4.79 Å². The number of pyridine rings is 1. The van der Waals surface area contributed by atoms with Crippen molar-refractivity contribution in [3.63, 3.8) is 0 Å². The van der Waals surface area contributed by atoms with Crippen LogP contribution in [0.3, 0.4) is 0 Å². The SMILES string of the molecule is Cc1ccc(-c2cc(C(=O)Nc3cc(C)ccc3C)c3ccccc3n2)c(C)c1. The Hall–Kier alpha value is -3.46. The van der Waals surface area contributed by atoms with E-state index < -0.39 is 0 Å². The van der Waals surface area contributed by atoms with Crippen LogP contribution >= 0.6 is 0 Å². The summed E-state index contributed by atoms with van der Waals surface area (Å²) in [5, 5.41) is 3.95. The van der Waals surface area contributed by atoms with Crippen molar-refractivity contribution in [1.29, 1.82) is 0 Å². The number of benzene rings is 3. The van der Waals surface area contributed by atoms with Gasteiger partial charge in [0.25, 0.3) is 5.91 Å². The van der Waals surface area contributed by atoms with E-state index in [4.69, 9.17) is 4.98 Å². The van der Waals surface area contributed by atoms with Gasteiger partial charge in [0.15, 0.2) is 0 Å². The molecule has 0 unspecified atom stereocenters. The van der Waals surface area contributed by atoms with Crippen LogP contribution in [0.25, 0.3) is 22.2 Å². The molecule has 1 amide bonds. The van der Waals surface area contributed by atoms with Gasteiger partial charge in [-0.15, -0.1) is 0 Å². The topological polar surface area (TPSA) is 42.0 Å². The molecule has 0 spiro atoms. The Labute approximate surface area is 171 Å². The minimum atomic E-state index is -0.122. The monoisotopic (exact) mass is 380 g/mol. The summed E-state index contributed by atoms with van der Waals surface area (Å²) in [5.41, 5.74) is 8.65. The Morgan fingerprint density at radius 3 is 2.31 bits per heavy atom. The number of aromatic nitrogens is 1. The summed E-state index contributed by atoms with van der Waals surface area (Å²) >= 11 is 0. The van der Waals surface area contributed by atoms with E-state index in [0.717, 1.165) is 44.5 Å². The van der Waals surface area contributed by atoms with Crippen molar-refractivity contribution in [1.82, 2.24) is 4.98 Å². The summed E-state index contributed by atoms with van der Waals surface area (Å²) in [6.45, 7) is 8.18. The third kappa shape index (κ3) is 3.77. The lowest BCUT2D eigenvalue weighted by atomic mass is 9.99. The van der Waals surface area contributed by atoms with Crippen LogP contribution in [0.5, 0.6) is 0 Å². The molecule has 4 aromatic rings. The van der Waals surface area contributed by atoms with Gasteiger partial charge in [0, 0.05) is 16.6 Å². The van der Waals surface area contributed by atoms with Crippen molar-refractivity contribution in [3.05, 3.63) is 94.5 Å². The maximum Gasteiger partial charge on any atom is 0.256 e. The second-order valence-electron chi connectivity index (χ2n) is 7.66. The van der Waals surface area contributed by atoms with Gasteiger partial charge in [0.1, 0.15) is 0 Å². The van der Waals surface area contributed by atoms with E-state index in [2.05, 4.69) is 37.4 Å². The molecule has 29 heavy (non-hydrogen) atoms. The minimum Gasteiger partial charge on any atom is -0.322 e. The van der Waals surface area contributed by atoms with Gasteiger partial charge in [-0.2, -0.15) is 0 Å². The lowest BCUT2D eigenvalue weighted by molar-refractivity contribution is 0.102. The highest BCUT2D eigenvalue weighted by Crippen LogP contribution is 2.28. The molecule has 1 N–H and O–H groups in total. The second-order valence-corrected chi connectivity index (χ2v) is 7.66. The molecule has 0 radical (unpaired) electrons. The average molecular weight is 380 g/mol. The lowest BCUT2D eigenvalue weighted by Crippen LogP contribution is -2.14. The Morgan fingerprint density at radius 2 is 1.52 bits per heavy atom. The summed E-state index contributed by atoms with van der Waals surface area (Å²) in [6, 6.07) is 22.1.